The number of nitriles is 1. The molecule has 0 aromatic carbocycles. The molecule has 0 saturated heterocycles. The van der Waals surface area contributed by atoms with E-state index in [4.69, 9.17) is 16.9 Å². The maximum atomic E-state index is 8.43. The second kappa shape index (κ2) is 2.93. The normalized spacial score (nSPS) is 9.64. The van der Waals surface area contributed by atoms with Crippen LogP contribution in [0, 0.1) is 18.3 Å². The molecule has 0 radical (unpaired) electrons. The summed E-state index contributed by atoms with van der Waals surface area (Å²) in [5.41, 5.74) is 1.66. The van der Waals surface area contributed by atoms with E-state index >= 15 is 0 Å². The van der Waals surface area contributed by atoms with Crippen molar-refractivity contribution in [2.24, 2.45) is 7.05 Å². The predicted octanol–water partition coefficient (Wildman–Crippen LogP) is 1.45. The van der Waals surface area contributed by atoms with Gasteiger partial charge < -0.3 is 0 Å². The Hall–Kier alpha value is -1.01. The standard InChI is InChI=1S/C7H8ClN3/c1-5-6(3-4-9)7(8)11(2)10-5/h3H2,1-2H3. The summed E-state index contributed by atoms with van der Waals surface area (Å²) >= 11 is 5.84. The van der Waals surface area contributed by atoms with Crippen LogP contribution < -0.4 is 0 Å². The van der Waals surface area contributed by atoms with Gasteiger partial charge in [0.05, 0.1) is 18.2 Å². The number of nitrogens with zero attached hydrogens (tertiary/aromatic N) is 3. The number of aryl methyl sites for hydroxylation is 2. The van der Waals surface area contributed by atoms with Crippen molar-refractivity contribution in [2.45, 2.75) is 13.3 Å². The van der Waals surface area contributed by atoms with Crippen molar-refractivity contribution in [3.8, 4) is 6.07 Å². The van der Waals surface area contributed by atoms with Crippen LogP contribution >= 0.6 is 11.6 Å². The lowest BCUT2D eigenvalue weighted by Gasteiger charge is -1.90. The zero-order chi connectivity index (χ0) is 8.43. The minimum absolute atomic E-state index is 0.332. The van der Waals surface area contributed by atoms with Crippen molar-refractivity contribution >= 4 is 11.6 Å². The summed E-state index contributed by atoms with van der Waals surface area (Å²) in [6.07, 6.45) is 0.332. The van der Waals surface area contributed by atoms with Crippen molar-refractivity contribution in [3.05, 3.63) is 16.4 Å². The fraction of sp³-hybridized carbons (Fsp3) is 0.429. The van der Waals surface area contributed by atoms with E-state index in [2.05, 4.69) is 5.10 Å². The minimum Gasteiger partial charge on any atom is -0.257 e. The predicted molar refractivity (Wildman–Crippen MR) is 42.3 cm³/mol. The van der Waals surface area contributed by atoms with Gasteiger partial charge in [0.25, 0.3) is 0 Å². The minimum atomic E-state index is 0.332. The molecule has 1 rings (SSSR count). The lowest BCUT2D eigenvalue weighted by atomic mass is 10.2. The zero-order valence-electron chi connectivity index (χ0n) is 6.43. The van der Waals surface area contributed by atoms with E-state index < -0.39 is 0 Å². The third kappa shape index (κ3) is 1.36. The average molecular weight is 170 g/mol. The van der Waals surface area contributed by atoms with Gasteiger partial charge >= 0.3 is 0 Å². The Kier molecular flexibility index (Phi) is 2.16. The number of halogens is 1. The second-order valence-corrected chi connectivity index (χ2v) is 2.67. The summed E-state index contributed by atoms with van der Waals surface area (Å²) < 4.78 is 1.57. The summed E-state index contributed by atoms with van der Waals surface area (Å²) in [5, 5.41) is 13.1. The fourth-order valence-corrected chi connectivity index (χ4v) is 1.20. The molecule has 0 amide bonds. The Morgan fingerprint density at radius 2 is 2.36 bits per heavy atom. The Balaban J connectivity index is 3.14. The lowest BCUT2D eigenvalue weighted by Crippen LogP contribution is -1.89. The highest BCUT2D eigenvalue weighted by Gasteiger charge is 2.09. The summed E-state index contributed by atoms with van der Waals surface area (Å²) in [6, 6.07) is 2.04. The van der Waals surface area contributed by atoms with Crippen LogP contribution in [0.2, 0.25) is 5.15 Å². The third-order valence-electron chi connectivity index (χ3n) is 1.53. The summed E-state index contributed by atoms with van der Waals surface area (Å²) in [4.78, 5) is 0. The SMILES string of the molecule is Cc1nn(C)c(Cl)c1CC#N. The van der Waals surface area contributed by atoms with Crippen molar-refractivity contribution in [1.82, 2.24) is 9.78 Å². The van der Waals surface area contributed by atoms with E-state index in [0.29, 0.717) is 11.6 Å². The van der Waals surface area contributed by atoms with Crippen LogP contribution in [0.15, 0.2) is 0 Å². The average Bonchev–Trinajstić information content (AvgIpc) is 2.17. The van der Waals surface area contributed by atoms with E-state index in [1.807, 2.05) is 13.0 Å². The summed E-state index contributed by atoms with van der Waals surface area (Å²) in [5.74, 6) is 0. The second-order valence-electron chi connectivity index (χ2n) is 2.31. The van der Waals surface area contributed by atoms with Crippen LogP contribution in [0.5, 0.6) is 0 Å². The van der Waals surface area contributed by atoms with Crippen molar-refractivity contribution in [3.63, 3.8) is 0 Å². The van der Waals surface area contributed by atoms with Crippen LogP contribution in [0.3, 0.4) is 0 Å². The maximum absolute atomic E-state index is 8.43. The molecule has 0 bridgehead atoms. The molecule has 11 heavy (non-hydrogen) atoms. The van der Waals surface area contributed by atoms with Gasteiger partial charge in [-0.1, -0.05) is 11.6 Å². The molecule has 1 aromatic heterocycles. The molecule has 3 nitrogen and oxygen atoms in total. The monoisotopic (exact) mass is 169 g/mol. The molecular formula is C7H8ClN3. The highest BCUT2D eigenvalue weighted by atomic mass is 35.5. The van der Waals surface area contributed by atoms with Gasteiger partial charge in [-0.2, -0.15) is 10.4 Å². The van der Waals surface area contributed by atoms with Gasteiger partial charge in [-0.3, -0.25) is 4.68 Å². The Labute approximate surface area is 70.2 Å². The first-order chi connectivity index (χ1) is 5.16. The smallest absolute Gasteiger partial charge is 0.131 e. The number of hydrogen-bond acceptors (Lipinski definition) is 2. The molecule has 0 unspecified atom stereocenters. The summed E-state index contributed by atoms with van der Waals surface area (Å²) in [7, 11) is 1.76. The highest BCUT2D eigenvalue weighted by Crippen LogP contribution is 2.18. The molecule has 58 valence electrons. The first-order valence-electron chi connectivity index (χ1n) is 3.21. The Bertz CT molecular complexity index is 308. The van der Waals surface area contributed by atoms with E-state index in [-0.39, 0.29) is 0 Å². The molecule has 0 atom stereocenters. The molecule has 0 aliphatic heterocycles. The van der Waals surface area contributed by atoms with Gasteiger partial charge in [0.2, 0.25) is 0 Å². The summed E-state index contributed by atoms with van der Waals surface area (Å²) in [6.45, 7) is 1.85. The number of rotatable bonds is 1. The van der Waals surface area contributed by atoms with Crippen LogP contribution in [-0.4, -0.2) is 9.78 Å². The zero-order valence-corrected chi connectivity index (χ0v) is 7.18. The third-order valence-corrected chi connectivity index (χ3v) is 2.00. The van der Waals surface area contributed by atoms with E-state index in [1.165, 1.54) is 0 Å². The van der Waals surface area contributed by atoms with E-state index in [9.17, 15) is 0 Å². The van der Waals surface area contributed by atoms with Crippen molar-refractivity contribution < 1.29 is 0 Å². The first-order valence-corrected chi connectivity index (χ1v) is 3.59. The molecular weight excluding hydrogens is 162 g/mol. The Morgan fingerprint density at radius 1 is 1.73 bits per heavy atom. The van der Waals surface area contributed by atoms with Gasteiger partial charge in [-0.05, 0) is 6.92 Å². The van der Waals surface area contributed by atoms with Crippen molar-refractivity contribution in [1.29, 1.82) is 5.26 Å². The van der Waals surface area contributed by atoms with Gasteiger partial charge in [-0.25, -0.2) is 0 Å². The molecule has 4 heteroatoms. The van der Waals surface area contributed by atoms with E-state index in [1.54, 1.807) is 11.7 Å². The molecule has 0 saturated carbocycles. The maximum Gasteiger partial charge on any atom is 0.131 e. The van der Waals surface area contributed by atoms with Crippen LogP contribution in [0.1, 0.15) is 11.3 Å². The van der Waals surface area contributed by atoms with Gasteiger partial charge in [0, 0.05) is 12.6 Å². The Morgan fingerprint density at radius 3 is 2.73 bits per heavy atom. The molecule has 0 aliphatic carbocycles. The fourth-order valence-electron chi connectivity index (χ4n) is 0.954. The number of aromatic nitrogens is 2. The quantitative estimate of drug-likeness (QED) is 0.639. The largest absolute Gasteiger partial charge is 0.257 e. The van der Waals surface area contributed by atoms with Crippen LogP contribution in [-0.2, 0) is 13.5 Å². The van der Waals surface area contributed by atoms with Crippen LogP contribution in [0.25, 0.3) is 0 Å². The highest BCUT2D eigenvalue weighted by molar-refractivity contribution is 6.30. The molecule has 0 aliphatic rings. The van der Waals surface area contributed by atoms with Gasteiger partial charge in [0.15, 0.2) is 0 Å². The molecule has 0 N–H and O–H groups in total. The molecule has 1 heterocycles. The van der Waals surface area contributed by atoms with Crippen LogP contribution in [0.4, 0.5) is 0 Å². The molecule has 0 fully saturated rings. The molecule has 0 spiro atoms. The topological polar surface area (TPSA) is 41.6 Å². The first kappa shape index (κ1) is 8.09. The lowest BCUT2D eigenvalue weighted by molar-refractivity contribution is 0.757. The van der Waals surface area contributed by atoms with E-state index in [0.717, 1.165) is 11.3 Å². The molecule has 1 aromatic rings. The van der Waals surface area contributed by atoms with Gasteiger partial charge in [-0.15, -0.1) is 0 Å². The van der Waals surface area contributed by atoms with Crippen molar-refractivity contribution in [2.75, 3.05) is 0 Å². The van der Waals surface area contributed by atoms with Gasteiger partial charge in [0.1, 0.15) is 5.15 Å². The number of hydrogen-bond donors (Lipinski definition) is 0.